The molecule has 40 heavy (non-hydrogen) atoms. The number of nitrogens with one attached hydrogen (secondary N) is 2. The van der Waals surface area contributed by atoms with E-state index in [0.717, 1.165) is 19.4 Å². The minimum absolute atomic E-state index is 0.149. The summed E-state index contributed by atoms with van der Waals surface area (Å²) < 4.78 is 35.5. The molecule has 2 aromatic carbocycles. The fourth-order valence-corrected chi connectivity index (χ4v) is 4.73. The Hall–Kier alpha value is -4.02. The maximum absolute atomic E-state index is 13.6. The Bertz CT molecular complexity index is 1470. The van der Waals surface area contributed by atoms with E-state index in [-0.39, 0.29) is 18.9 Å². The van der Waals surface area contributed by atoms with Gasteiger partial charge in [0.25, 0.3) is 5.56 Å². The number of methoxy groups -OCH3 is 1. The first kappa shape index (κ1) is 30.5. The van der Waals surface area contributed by atoms with Gasteiger partial charge >= 0.3 is 19.4 Å². The van der Waals surface area contributed by atoms with Crippen LogP contribution in [0, 0.1) is 12.3 Å². The SMILES string of the molecule is C#C[C@@](O)([C@H](O)[C@@H](COP(=O)(NCCOC(=O)c1ccccc1)Oc1ccccc1)OC)n1ccc(=O)[nH]c1=O. The summed E-state index contributed by atoms with van der Waals surface area (Å²) in [5, 5.41) is 24.4. The molecule has 1 unspecified atom stereocenters. The molecule has 0 aliphatic rings. The first-order valence-corrected chi connectivity index (χ1v) is 13.4. The lowest BCUT2D eigenvalue weighted by molar-refractivity contribution is -0.154. The van der Waals surface area contributed by atoms with Crippen molar-refractivity contribution in [3.05, 3.63) is 99.3 Å². The van der Waals surface area contributed by atoms with Crippen LogP contribution in [0.25, 0.3) is 0 Å². The molecule has 0 aliphatic heterocycles. The maximum atomic E-state index is 13.6. The smallest absolute Gasteiger partial charge is 0.458 e. The molecule has 0 amide bonds. The molecule has 1 heterocycles. The van der Waals surface area contributed by atoms with Crippen molar-refractivity contribution in [3.8, 4) is 18.1 Å². The molecule has 212 valence electrons. The molecule has 0 spiro atoms. The van der Waals surface area contributed by atoms with Crippen LogP contribution in [0.15, 0.2) is 82.5 Å². The molecule has 3 aromatic rings. The first-order chi connectivity index (χ1) is 19.1. The predicted octanol–water partition coefficient (Wildman–Crippen LogP) is 0.841. The van der Waals surface area contributed by atoms with Crippen LogP contribution in [-0.4, -0.2) is 64.8 Å². The maximum Gasteiger partial charge on any atom is 0.458 e. The van der Waals surface area contributed by atoms with Crippen LogP contribution < -0.4 is 20.9 Å². The number of ether oxygens (including phenoxy) is 2. The number of aromatic amines is 1. The van der Waals surface area contributed by atoms with Crippen molar-refractivity contribution in [1.29, 1.82) is 0 Å². The van der Waals surface area contributed by atoms with Gasteiger partial charge in [-0.15, -0.1) is 6.42 Å². The number of rotatable bonds is 14. The zero-order chi connectivity index (χ0) is 29.2. The lowest BCUT2D eigenvalue weighted by Gasteiger charge is -2.34. The van der Waals surface area contributed by atoms with Crippen LogP contribution >= 0.6 is 7.75 Å². The third-order valence-electron chi connectivity index (χ3n) is 5.50. The number of nitrogens with zero attached hydrogens (tertiary/aromatic N) is 1. The lowest BCUT2D eigenvalue weighted by atomic mass is 10.0. The number of carbonyl (C=O) groups excluding carboxylic acids is 1. The molecule has 3 rings (SSSR count). The molecule has 4 atom stereocenters. The number of hydrogen-bond donors (Lipinski definition) is 4. The molecule has 0 bridgehead atoms. The zero-order valence-corrected chi connectivity index (χ0v) is 22.2. The molecule has 0 saturated heterocycles. The Labute approximate surface area is 228 Å². The van der Waals surface area contributed by atoms with Crippen molar-refractivity contribution in [3.63, 3.8) is 0 Å². The van der Waals surface area contributed by atoms with Gasteiger partial charge in [0.2, 0.25) is 5.72 Å². The highest BCUT2D eigenvalue weighted by Crippen LogP contribution is 2.44. The van der Waals surface area contributed by atoms with Crippen LogP contribution in [0.1, 0.15) is 10.4 Å². The normalized spacial score (nSPS) is 15.6. The van der Waals surface area contributed by atoms with Crippen molar-refractivity contribution >= 4 is 13.7 Å². The molecule has 0 aliphatic carbocycles. The largest absolute Gasteiger partial charge is 0.461 e. The van der Waals surface area contributed by atoms with Crippen LogP contribution in [-0.2, 0) is 24.3 Å². The van der Waals surface area contributed by atoms with E-state index in [4.69, 9.17) is 24.9 Å². The summed E-state index contributed by atoms with van der Waals surface area (Å²) in [5.74, 6) is 1.51. The van der Waals surface area contributed by atoms with E-state index in [9.17, 15) is 29.2 Å². The first-order valence-electron chi connectivity index (χ1n) is 11.8. The summed E-state index contributed by atoms with van der Waals surface area (Å²) in [6.45, 7) is -0.994. The minimum atomic E-state index is -4.21. The average molecular weight is 573 g/mol. The third-order valence-corrected chi connectivity index (χ3v) is 7.05. The summed E-state index contributed by atoms with van der Waals surface area (Å²) >= 11 is 0. The molecular weight excluding hydrogens is 545 g/mol. The Kier molecular flexibility index (Phi) is 10.6. The van der Waals surface area contributed by atoms with Crippen LogP contribution in [0.2, 0.25) is 0 Å². The summed E-state index contributed by atoms with van der Waals surface area (Å²) in [6, 6.07) is 17.2. The van der Waals surface area contributed by atoms with Gasteiger partial charge in [0.05, 0.1) is 12.2 Å². The molecule has 0 saturated carbocycles. The van der Waals surface area contributed by atoms with E-state index in [0.29, 0.717) is 10.1 Å². The van der Waals surface area contributed by atoms with Gasteiger partial charge in [0.15, 0.2) is 0 Å². The van der Waals surface area contributed by atoms with Crippen molar-refractivity contribution in [1.82, 2.24) is 14.6 Å². The number of hydrogen-bond acceptors (Lipinski definition) is 10. The number of terminal acetylenes is 1. The Balaban J connectivity index is 1.73. The van der Waals surface area contributed by atoms with E-state index < -0.39 is 49.5 Å². The number of para-hydroxylation sites is 1. The lowest BCUT2D eigenvalue weighted by Crippen LogP contribution is -2.56. The molecule has 0 radical (unpaired) electrons. The highest BCUT2D eigenvalue weighted by molar-refractivity contribution is 7.52. The van der Waals surface area contributed by atoms with E-state index in [1.807, 2.05) is 10.9 Å². The highest BCUT2D eigenvalue weighted by Gasteiger charge is 2.43. The van der Waals surface area contributed by atoms with Gasteiger partial charge in [-0.05, 0) is 30.2 Å². The summed E-state index contributed by atoms with van der Waals surface area (Å²) in [5.41, 5.74) is -4.19. The Morgan fingerprint density at radius 2 is 1.80 bits per heavy atom. The Morgan fingerprint density at radius 1 is 1.15 bits per heavy atom. The van der Waals surface area contributed by atoms with E-state index in [1.165, 1.54) is 12.1 Å². The van der Waals surface area contributed by atoms with E-state index in [1.54, 1.807) is 48.5 Å². The standard InChI is InChI=1S/C26H28N3O10P/c1-3-26(34,29-16-14-22(30)28-25(29)33)23(31)21(36-2)18-38-40(35,39-20-12-8-5-9-13-20)27-15-17-37-24(32)19-10-6-4-7-11-19/h1,4-14,16,21,23,31,34H,15,17-18H2,2H3,(H,27,35)(H,28,30,33)/t21-,23-,26-,40?/m1/s1. The average Bonchev–Trinajstić information content (AvgIpc) is 2.96. The van der Waals surface area contributed by atoms with Crippen LogP contribution in [0.5, 0.6) is 5.75 Å². The summed E-state index contributed by atoms with van der Waals surface area (Å²) in [7, 11) is -3.05. The second kappa shape index (κ2) is 13.9. The molecule has 14 heteroatoms. The van der Waals surface area contributed by atoms with Gasteiger partial charge < -0.3 is 24.2 Å². The van der Waals surface area contributed by atoms with Crippen molar-refractivity contribution < 1.29 is 38.1 Å². The number of esters is 1. The van der Waals surface area contributed by atoms with Crippen LogP contribution in [0.3, 0.4) is 0 Å². The molecule has 4 N–H and O–H groups in total. The van der Waals surface area contributed by atoms with Gasteiger partial charge in [0.1, 0.15) is 24.6 Å². The Morgan fingerprint density at radius 3 is 2.40 bits per heavy atom. The zero-order valence-electron chi connectivity index (χ0n) is 21.3. The van der Waals surface area contributed by atoms with Crippen LogP contribution in [0.4, 0.5) is 0 Å². The monoisotopic (exact) mass is 573 g/mol. The summed E-state index contributed by atoms with van der Waals surface area (Å²) in [6.07, 6.45) is 2.87. The fourth-order valence-electron chi connectivity index (χ4n) is 3.41. The molecule has 0 fully saturated rings. The number of benzene rings is 2. The second-order valence-electron chi connectivity index (χ2n) is 8.18. The number of H-pyrrole nitrogens is 1. The quantitative estimate of drug-likeness (QED) is 0.0930. The third kappa shape index (κ3) is 7.77. The van der Waals surface area contributed by atoms with Crippen molar-refractivity contribution in [2.24, 2.45) is 0 Å². The molecule has 13 nitrogen and oxygen atoms in total. The van der Waals surface area contributed by atoms with Gasteiger partial charge in [-0.1, -0.05) is 36.4 Å². The predicted molar refractivity (Wildman–Crippen MR) is 143 cm³/mol. The van der Waals surface area contributed by atoms with Gasteiger partial charge in [-0.2, -0.15) is 0 Å². The number of aromatic nitrogens is 2. The number of aliphatic hydroxyl groups is 2. The highest BCUT2D eigenvalue weighted by atomic mass is 31.2. The van der Waals surface area contributed by atoms with E-state index in [2.05, 4.69) is 5.09 Å². The van der Waals surface area contributed by atoms with E-state index >= 15 is 0 Å². The van der Waals surface area contributed by atoms with Gasteiger partial charge in [-0.3, -0.25) is 18.9 Å². The van der Waals surface area contributed by atoms with Gasteiger partial charge in [0, 0.05) is 25.9 Å². The number of aliphatic hydroxyl groups excluding tert-OH is 1. The molecular formula is C26H28N3O10P. The summed E-state index contributed by atoms with van der Waals surface area (Å²) in [4.78, 5) is 37.7. The molecule has 1 aromatic heterocycles. The van der Waals surface area contributed by atoms with Gasteiger partial charge in [-0.25, -0.2) is 19.2 Å². The van der Waals surface area contributed by atoms with Crippen molar-refractivity contribution in [2.45, 2.75) is 17.9 Å². The number of carbonyl (C=O) groups is 1. The topological polar surface area (TPSA) is 178 Å². The fraction of sp³-hybridized carbons (Fsp3) is 0.269. The van der Waals surface area contributed by atoms with Crippen molar-refractivity contribution in [2.75, 3.05) is 26.9 Å². The second-order valence-corrected chi connectivity index (χ2v) is 9.93. The minimum Gasteiger partial charge on any atom is -0.461 e.